The number of nitrogens with zero attached hydrogens (tertiary/aromatic N) is 1. The first-order valence-electron chi connectivity index (χ1n) is 9.46. The molecule has 0 aromatic heterocycles. The van der Waals surface area contributed by atoms with E-state index < -0.39 is 29.7 Å². The lowest BCUT2D eigenvalue weighted by molar-refractivity contribution is -0.274. The van der Waals surface area contributed by atoms with E-state index >= 15 is 0 Å². The molecular weight excluding hydrogens is 426 g/mol. The summed E-state index contributed by atoms with van der Waals surface area (Å²) in [6.45, 7) is 2.32. The lowest BCUT2D eigenvalue weighted by Gasteiger charge is -2.35. The summed E-state index contributed by atoms with van der Waals surface area (Å²) >= 11 is 0. The largest absolute Gasteiger partial charge is 0.573 e. The van der Waals surface area contributed by atoms with Gasteiger partial charge in [-0.2, -0.15) is 13.2 Å². The highest BCUT2D eigenvalue weighted by Crippen LogP contribution is 2.34. The highest BCUT2D eigenvalue weighted by Gasteiger charge is 2.40. The average Bonchev–Trinajstić information content (AvgIpc) is 3.03. The van der Waals surface area contributed by atoms with Gasteiger partial charge < -0.3 is 15.0 Å². The van der Waals surface area contributed by atoms with Crippen molar-refractivity contribution < 1.29 is 35.9 Å². The molecule has 2 aromatic carbocycles. The number of benzene rings is 2. The summed E-state index contributed by atoms with van der Waals surface area (Å²) in [5.41, 5.74) is -0.441. The van der Waals surface area contributed by atoms with Gasteiger partial charge in [-0.3, -0.25) is 0 Å². The maximum atomic E-state index is 12.8. The number of urea groups is 1. The van der Waals surface area contributed by atoms with Crippen molar-refractivity contribution in [3.05, 3.63) is 59.7 Å². The van der Waals surface area contributed by atoms with Crippen molar-refractivity contribution in [2.24, 2.45) is 0 Å². The molecule has 3 rings (SSSR count). The molecule has 168 valence electrons. The zero-order valence-electron chi connectivity index (χ0n) is 16.5. The second-order valence-corrected chi connectivity index (χ2v) is 7.63. The van der Waals surface area contributed by atoms with Crippen LogP contribution in [0.3, 0.4) is 0 Å². The van der Waals surface area contributed by atoms with E-state index in [4.69, 9.17) is 0 Å². The maximum absolute atomic E-state index is 12.8. The second kappa shape index (κ2) is 8.32. The molecule has 4 nitrogen and oxygen atoms in total. The van der Waals surface area contributed by atoms with E-state index in [2.05, 4.69) is 10.1 Å². The van der Waals surface area contributed by atoms with Crippen molar-refractivity contribution in [1.82, 2.24) is 4.90 Å². The Bertz CT molecular complexity index is 909. The molecular formula is C21H20F6N2O2. The Labute approximate surface area is 174 Å². The molecule has 1 fully saturated rings. The Morgan fingerprint density at radius 3 is 2.19 bits per heavy atom. The van der Waals surface area contributed by atoms with E-state index in [-0.39, 0.29) is 11.4 Å². The van der Waals surface area contributed by atoms with Crippen LogP contribution in [0.1, 0.15) is 30.9 Å². The van der Waals surface area contributed by atoms with Gasteiger partial charge in [-0.15, -0.1) is 13.2 Å². The Balaban J connectivity index is 1.67. The Kier molecular flexibility index (Phi) is 6.11. The zero-order chi connectivity index (χ0) is 22.9. The minimum absolute atomic E-state index is 0.237. The van der Waals surface area contributed by atoms with Crippen LogP contribution in [0.15, 0.2) is 48.5 Å². The van der Waals surface area contributed by atoms with E-state index in [1.54, 1.807) is 4.90 Å². The summed E-state index contributed by atoms with van der Waals surface area (Å²) in [5, 5.41) is 2.61. The SMILES string of the molecule is CC1(Cc2ccc(OC(F)(F)F)cc2)CCCN1C(=O)Nc1ccc(C(F)(F)F)cc1. The van der Waals surface area contributed by atoms with Crippen LogP contribution in [-0.2, 0) is 12.6 Å². The molecule has 0 saturated carbocycles. The quantitative estimate of drug-likeness (QED) is 0.566. The number of hydrogen-bond donors (Lipinski definition) is 1. The Morgan fingerprint density at radius 1 is 1.03 bits per heavy atom. The Hall–Kier alpha value is -2.91. The molecule has 1 unspecified atom stereocenters. The van der Waals surface area contributed by atoms with Crippen molar-refractivity contribution in [2.75, 3.05) is 11.9 Å². The number of hydrogen-bond acceptors (Lipinski definition) is 2. The van der Waals surface area contributed by atoms with E-state index in [1.807, 2.05) is 6.92 Å². The molecule has 10 heteroatoms. The maximum Gasteiger partial charge on any atom is 0.573 e. The molecule has 1 aliphatic heterocycles. The van der Waals surface area contributed by atoms with Gasteiger partial charge in [-0.1, -0.05) is 12.1 Å². The summed E-state index contributed by atoms with van der Waals surface area (Å²) in [4.78, 5) is 14.4. The van der Waals surface area contributed by atoms with Crippen molar-refractivity contribution in [1.29, 1.82) is 0 Å². The normalized spacial score (nSPS) is 19.4. The van der Waals surface area contributed by atoms with Crippen LogP contribution in [0.4, 0.5) is 36.8 Å². The second-order valence-electron chi connectivity index (χ2n) is 7.63. The zero-order valence-corrected chi connectivity index (χ0v) is 16.5. The molecule has 0 bridgehead atoms. The van der Waals surface area contributed by atoms with Crippen LogP contribution in [0.2, 0.25) is 0 Å². The number of nitrogens with one attached hydrogen (secondary N) is 1. The first-order chi connectivity index (χ1) is 14.4. The van der Waals surface area contributed by atoms with Crippen molar-refractivity contribution >= 4 is 11.7 Å². The summed E-state index contributed by atoms with van der Waals surface area (Å²) in [7, 11) is 0. The third-order valence-electron chi connectivity index (χ3n) is 5.20. The molecule has 1 heterocycles. The summed E-state index contributed by atoms with van der Waals surface area (Å²) < 4.78 is 78.8. The first-order valence-corrected chi connectivity index (χ1v) is 9.46. The summed E-state index contributed by atoms with van der Waals surface area (Å²) in [5.74, 6) is -0.329. The van der Waals surface area contributed by atoms with Gasteiger partial charge >= 0.3 is 18.6 Å². The van der Waals surface area contributed by atoms with Gasteiger partial charge in [-0.05, 0) is 68.1 Å². The molecule has 0 aliphatic carbocycles. The number of alkyl halides is 6. The third-order valence-corrected chi connectivity index (χ3v) is 5.20. The van der Waals surface area contributed by atoms with Crippen LogP contribution in [0, 0.1) is 0 Å². The van der Waals surface area contributed by atoms with Gasteiger partial charge in [0.05, 0.1) is 5.56 Å². The fourth-order valence-electron chi connectivity index (χ4n) is 3.74. The van der Waals surface area contributed by atoms with Gasteiger partial charge in [0.25, 0.3) is 0 Å². The van der Waals surface area contributed by atoms with E-state index in [0.29, 0.717) is 19.4 Å². The predicted molar refractivity (Wildman–Crippen MR) is 102 cm³/mol. The lowest BCUT2D eigenvalue weighted by atomic mass is 9.90. The molecule has 1 saturated heterocycles. The average molecular weight is 446 g/mol. The number of rotatable bonds is 4. The van der Waals surface area contributed by atoms with Crippen molar-refractivity contribution in [2.45, 2.75) is 44.3 Å². The monoisotopic (exact) mass is 446 g/mol. The lowest BCUT2D eigenvalue weighted by Crippen LogP contribution is -2.48. The molecule has 1 N–H and O–H groups in total. The Morgan fingerprint density at radius 2 is 1.65 bits per heavy atom. The molecule has 2 amide bonds. The molecule has 0 radical (unpaired) electrons. The third kappa shape index (κ3) is 5.83. The topological polar surface area (TPSA) is 41.6 Å². The van der Waals surface area contributed by atoms with Crippen molar-refractivity contribution in [3.63, 3.8) is 0 Å². The summed E-state index contributed by atoms with van der Waals surface area (Å²) in [6.07, 6.45) is -7.43. The van der Waals surface area contributed by atoms with Crippen LogP contribution >= 0.6 is 0 Å². The molecule has 0 spiro atoms. The fourth-order valence-corrected chi connectivity index (χ4v) is 3.74. The molecule has 2 aromatic rings. The number of carbonyl (C=O) groups excluding carboxylic acids is 1. The molecule has 1 aliphatic rings. The van der Waals surface area contributed by atoms with Gasteiger partial charge in [-0.25, -0.2) is 4.79 Å². The van der Waals surface area contributed by atoms with Crippen LogP contribution < -0.4 is 10.1 Å². The molecule has 1 atom stereocenters. The predicted octanol–water partition coefficient (Wildman–Crippen LogP) is 6.23. The van der Waals surface area contributed by atoms with E-state index in [0.717, 1.165) is 24.1 Å². The number of amides is 2. The van der Waals surface area contributed by atoms with Gasteiger partial charge in [0.2, 0.25) is 0 Å². The first kappa shape index (κ1) is 22.8. The van der Waals surface area contributed by atoms with Gasteiger partial charge in [0, 0.05) is 17.8 Å². The minimum Gasteiger partial charge on any atom is -0.406 e. The number of anilines is 1. The standard InChI is InChI=1S/C21H20F6N2O2/c1-19(13-14-3-9-17(10-4-14)31-21(25,26)27)11-2-12-29(19)18(30)28-16-7-5-15(6-8-16)20(22,23)24/h3-10H,2,11-13H2,1H3,(H,28,30). The van der Waals surface area contributed by atoms with Crippen molar-refractivity contribution in [3.8, 4) is 5.75 Å². The fraction of sp³-hybridized carbons (Fsp3) is 0.381. The van der Waals surface area contributed by atoms with Crippen LogP contribution in [0.25, 0.3) is 0 Å². The highest BCUT2D eigenvalue weighted by atomic mass is 19.4. The van der Waals surface area contributed by atoms with E-state index in [1.165, 1.54) is 36.4 Å². The highest BCUT2D eigenvalue weighted by molar-refractivity contribution is 5.90. The summed E-state index contributed by atoms with van der Waals surface area (Å²) in [6, 6.07) is 9.17. The minimum atomic E-state index is -4.77. The molecule has 31 heavy (non-hydrogen) atoms. The van der Waals surface area contributed by atoms with Crippen LogP contribution in [-0.4, -0.2) is 29.4 Å². The van der Waals surface area contributed by atoms with Crippen LogP contribution in [0.5, 0.6) is 5.75 Å². The number of carbonyl (C=O) groups is 1. The number of ether oxygens (including phenoxy) is 1. The smallest absolute Gasteiger partial charge is 0.406 e. The van der Waals surface area contributed by atoms with E-state index in [9.17, 15) is 31.1 Å². The number of likely N-dealkylation sites (tertiary alicyclic amines) is 1. The van der Waals surface area contributed by atoms with Gasteiger partial charge in [0.15, 0.2) is 0 Å². The number of halogens is 6. The van der Waals surface area contributed by atoms with Gasteiger partial charge in [0.1, 0.15) is 5.75 Å².